The van der Waals surface area contributed by atoms with Crippen LogP contribution in [0.1, 0.15) is 0 Å². The minimum absolute atomic E-state index is 0.845. The second kappa shape index (κ2) is 8.40. The zero-order valence-electron chi connectivity index (χ0n) is 19.5. The number of nitrogens with zero attached hydrogens (tertiary/aromatic N) is 2. The largest absolute Gasteiger partial charge is 0.453 e. The molecule has 0 radical (unpaired) electrons. The lowest BCUT2D eigenvalue weighted by Gasteiger charge is -2.33. The molecule has 0 fully saturated rings. The van der Waals surface area contributed by atoms with Crippen molar-refractivity contribution in [2.75, 3.05) is 4.90 Å². The highest BCUT2D eigenvalue weighted by atomic mass is 16.5. The Labute approximate surface area is 209 Å². The Kier molecular flexibility index (Phi) is 4.78. The Bertz CT molecular complexity index is 1670. The summed E-state index contributed by atoms with van der Waals surface area (Å²) in [5.41, 5.74) is 8.48. The first-order valence-electron chi connectivity index (χ1n) is 12.1. The lowest BCUT2D eigenvalue weighted by Crippen LogP contribution is -2.15. The average Bonchev–Trinajstić information content (AvgIpc) is 2.96. The van der Waals surface area contributed by atoms with E-state index in [1.165, 1.54) is 5.56 Å². The highest BCUT2D eigenvalue weighted by molar-refractivity contribution is 6.00. The van der Waals surface area contributed by atoms with E-state index in [-0.39, 0.29) is 0 Å². The summed E-state index contributed by atoms with van der Waals surface area (Å²) in [4.78, 5) is 7.33. The number of aromatic nitrogens is 1. The lowest BCUT2D eigenvalue weighted by atomic mass is 9.97. The third-order valence-electron chi connectivity index (χ3n) is 6.64. The van der Waals surface area contributed by atoms with Gasteiger partial charge < -0.3 is 9.64 Å². The van der Waals surface area contributed by atoms with Crippen LogP contribution in [0.4, 0.5) is 17.1 Å². The van der Waals surface area contributed by atoms with Gasteiger partial charge in [0, 0.05) is 16.6 Å². The van der Waals surface area contributed by atoms with Crippen molar-refractivity contribution in [3.05, 3.63) is 133 Å². The van der Waals surface area contributed by atoms with Crippen LogP contribution in [0.2, 0.25) is 0 Å². The van der Waals surface area contributed by atoms with Gasteiger partial charge in [-0.2, -0.15) is 0 Å². The monoisotopic (exact) mass is 462 g/mol. The minimum atomic E-state index is 0.845. The molecule has 5 aromatic carbocycles. The van der Waals surface area contributed by atoms with Crippen LogP contribution < -0.4 is 9.64 Å². The van der Waals surface area contributed by atoms with Crippen molar-refractivity contribution in [2.45, 2.75) is 0 Å². The molecule has 170 valence electrons. The molecule has 0 N–H and O–H groups in total. The van der Waals surface area contributed by atoms with Gasteiger partial charge in [0.05, 0.1) is 22.6 Å². The number of hydrogen-bond acceptors (Lipinski definition) is 3. The van der Waals surface area contributed by atoms with Gasteiger partial charge in [-0.1, -0.05) is 84.9 Å². The number of benzene rings is 5. The maximum atomic E-state index is 6.22. The second-order valence-electron chi connectivity index (χ2n) is 8.86. The number of pyridine rings is 1. The first-order chi connectivity index (χ1) is 17.8. The standard InChI is InChI=1S/C33H22N2O/c1-3-11-23(12-4-1)26-22-29(24-13-5-2-6-14-24)34-28-20-19-25(21-27(26)28)35-30-15-7-9-17-32(30)36-33-18-10-8-16-31(33)35/h1-22H. The van der Waals surface area contributed by atoms with Crippen LogP contribution in [0.25, 0.3) is 33.3 Å². The lowest BCUT2D eigenvalue weighted by molar-refractivity contribution is 0.477. The summed E-state index contributed by atoms with van der Waals surface area (Å²) >= 11 is 0. The molecule has 0 spiro atoms. The van der Waals surface area contributed by atoms with Crippen LogP contribution in [0.15, 0.2) is 133 Å². The Hall–Kier alpha value is -4.89. The molecule has 0 saturated heterocycles. The van der Waals surface area contributed by atoms with E-state index in [0.717, 1.165) is 56.3 Å². The molecule has 2 heterocycles. The van der Waals surface area contributed by atoms with Crippen LogP contribution in [0.5, 0.6) is 11.5 Å². The smallest absolute Gasteiger partial charge is 0.151 e. The molecule has 0 aliphatic carbocycles. The van der Waals surface area contributed by atoms with E-state index in [1.54, 1.807) is 0 Å². The second-order valence-corrected chi connectivity index (χ2v) is 8.86. The summed E-state index contributed by atoms with van der Waals surface area (Å²) in [6.07, 6.45) is 0. The average molecular weight is 463 g/mol. The molecule has 36 heavy (non-hydrogen) atoms. The van der Waals surface area contributed by atoms with Gasteiger partial charge >= 0.3 is 0 Å². The van der Waals surface area contributed by atoms with Gasteiger partial charge in [0.2, 0.25) is 0 Å². The zero-order valence-corrected chi connectivity index (χ0v) is 19.5. The van der Waals surface area contributed by atoms with E-state index in [2.05, 4.69) is 95.9 Å². The fourth-order valence-electron chi connectivity index (χ4n) is 4.95. The molecule has 0 amide bonds. The molecule has 1 aliphatic heterocycles. The summed E-state index contributed by atoms with van der Waals surface area (Å²) in [7, 11) is 0. The summed E-state index contributed by atoms with van der Waals surface area (Å²) in [6.45, 7) is 0. The summed E-state index contributed by atoms with van der Waals surface area (Å²) in [6, 6.07) is 46.0. The normalized spacial score (nSPS) is 12.1. The molecule has 1 aliphatic rings. The van der Waals surface area contributed by atoms with Crippen molar-refractivity contribution in [3.63, 3.8) is 0 Å². The SMILES string of the molecule is c1ccc(-c2cc(-c3ccccc3)c3cc(N4c5ccccc5Oc5ccccc54)ccc3n2)cc1. The van der Waals surface area contributed by atoms with Gasteiger partial charge in [-0.15, -0.1) is 0 Å². The molecule has 0 saturated carbocycles. The number of rotatable bonds is 3. The van der Waals surface area contributed by atoms with Crippen molar-refractivity contribution < 1.29 is 4.74 Å². The summed E-state index contributed by atoms with van der Waals surface area (Å²) < 4.78 is 6.22. The third-order valence-corrected chi connectivity index (χ3v) is 6.64. The van der Waals surface area contributed by atoms with Gasteiger partial charge in [-0.05, 0) is 59.7 Å². The van der Waals surface area contributed by atoms with Gasteiger partial charge in [0.25, 0.3) is 0 Å². The molecule has 0 bridgehead atoms. The number of fused-ring (bicyclic) bond motifs is 3. The van der Waals surface area contributed by atoms with Crippen LogP contribution in [-0.2, 0) is 0 Å². The quantitative estimate of drug-likeness (QED) is 0.262. The maximum Gasteiger partial charge on any atom is 0.151 e. The van der Waals surface area contributed by atoms with E-state index in [4.69, 9.17) is 9.72 Å². The third kappa shape index (κ3) is 3.41. The van der Waals surface area contributed by atoms with Crippen molar-refractivity contribution in [2.24, 2.45) is 0 Å². The first kappa shape index (κ1) is 20.5. The molecule has 7 rings (SSSR count). The molecular weight excluding hydrogens is 440 g/mol. The Morgan fingerprint density at radius 2 is 1.11 bits per heavy atom. The van der Waals surface area contributed by atoms with E-state index < -0.39 is 0 Å². The molecule has 6 aromatic rings. The first-order valence-corrected chi connectivity index (χ1v) is 12.1. The van der Waals surface area contributed by atoms with E-state index in [0.29, 0.717) is 0 Å². The van der Waals surface area contributed by atoms with Crippen LogP contribution in [0, 0.1) is 0 Å². The molecule has 1 aromatic heterocycles. The van der Waals surface area contributed by atoms with Crippen molar-refractivity contribution in [3.8, 4) is 33.9 Å². The molecule has 0 atom stereocenters. The van der Waals surface area contributed by atoms with Gasteiger partial charge in [-0.3, -0.25) is 0 Å². The van der Waals surface area contributed by atoms with E-state index >= 15 is 0 Å². The summed E-state index contributed by atoms with van der Waals surface area (Å²) in [5, 5.41) is 1.11. The van der Waals surface area contributed by atoms with Crippen LogP contribution in [-0.4, -0.2) is 4.98 Å². The molecule has 3 heteroatoms. The van der Waals surface area contributed by atoms with Crippen molar-refractivity contribution >= 4 is 28.0 Å². The van der Waals surface area contributed by atoms with Gasteiger partial charge in [0.15, 0.2) is 11.5 Å². The van der Waals surface area contributed by atoms with Crippen molar-refractivity contribution in [1.82, 2.24) is 4.98 Å². The Morgan fingerprint density at radius 3 is 1.78 bits per heavy atom. The highest BCUT2D eigenvalue weighted by Gasteiger charge is 2.25. The molecule has 3 nitrogen and oxygen atoms in total. The van der Waals surface area contributed by atoms with Gasteiger partial charge in [0.1, 0.15) is 0 Å². The highest BCUT2D eigenvalue weighted by Crippen LogP contribution is 2.50. The van der Waals surface area contributed by atoms with Crippen LogP contribution in [0.3, 0.4) is 0 Å². The topological polar surface area (TPSA) is 25.4 Å². The predicted molar refractivity (Wildman–Crippen MR) is 147 cm³/mol. The van der Waals surface area contributed by atoms with Crippen molar-refractivity contribution in [1.29, 1.82) is 0 Å². The fraction of sp³-hybridized carbons (Fsp3) is 0. The number of para-hydroxylation sites is 4. The summed E-state index contributed by atoms with van der Waals surface area (Å²) in [5.74, 6) is 1.69. The number of hydrogen-bond donors (Lipinski definition) is 0. The Morgan fingerprint density at radius 1 is 0.528 bits per heavy atom. The van der Waals surface area contributed by atoms with Crippen LogP contribution >= 0.6 is 0 Å². The molecule has 0 unspecified atom stereocenters. The maximum absolute atomic E-state index is 6.22. The Balaban J connectivity index is 1.47. The zero-order chi connectivity index (χ0) is 23.9. The van der Waals surface area contributed by atoms with Gasteiger partial charge in [-0.25, -0.2) is 4.98 Å². The van der Waals surface area contributed by atoms with E-state index in [1.807, 2.05) is 42.5 Å². The predicted octanol–water partition coefficient (Wildman–Crippen LogP) is 9.14. The number of anilines is 3. The fourth-order valence-corrected chi connectivity index (χ4v) is 4.95. The number of ether oxygens (including phenoxy) is 1. The van der Waals surface area contributed by atoms with E-state index in [9.17, 15) is 0 Å². The minimum Gasteiger partial charge on any atom is -0.453 e. The molecular formula is C33H22N2O.